The van der Waals surface area contributed by atoms with Gasteiger partial charge in [0.05, 0.1) is 23.4 Å². The molecule has 1 unspecified atom stereocenters. The van der Waals surface area contributed by atoms with Gasteiger partial charge in [0.25, 0.3) is 0 Å². The maximum atomic E-state index is 13.6. The normalized spacial score (nSPS) is 16.2. The third-order valence-electron chi connectivity index (χ3n) is 7.90. The van der Waals surface area contributed by atoms with Gasteiger partial charge in [0.2, 0.25) is 0 Å². The number of nitrogens with one attached hydrogen (secondary N) is 1. The second-order valence-electron chi connectivity index (χ2n) is 11.0. The van der Waals surface area contributed by atoms with Gasteiger partial charge in [-0.3, -0.25) is 4.98 Å². The van der Waals surface area contributed by atoms with Crippen LogP contribution >= 0.6 is 0 Å². The van der Waals surface area contributed by atoms with Gasteiger partial charge in [0, 0.05) is 17.1 Å². The molecule has 1 amide bonds. The van der Waals surface area contributed by atoms with E-state index in [1.54, 1.807) is 54.9 Å². The van der Waals surface area contributed by atoms with Gasteiger partial charge in [-0.1, -0.05) is 48.5 Å². The summed E-state index contributed by atoms with van der Waals surface area (Å²) in [6, 6.07) is 30.7. The molecule has 1 aliphatic heterocycles. The number of ether oxygens (including phenoxy) is 4. The molecule has 0 fully saturated rings. The van der Waals surface area contributed by atoms with Crippen LogP contribution in [-0.2, 0) is 11.3 Å². The Balaban J connectivity index is 1.12. The first-order chi connectivity index (χ1) is 22.5. The molecule has 0 saturated carbocycles. The summed E-state index contributed by atoms with van der Waals surface area (Å²) in [6.45, 7) is 2.26. The van der Waals surface area contributed by atoms with E-state index in [0.29, 0.717) is 39.4 Å². The first kappa shape index (κ1) is 29.0. The molecule has 0 saturated heterocycles. The van der Waals surface area contributed by atoms with Gasteiger partial charge < -0.3 is 24.3 Å². The van der Waals surface area contributed by atoms with Crippen molar-refractivity contribution in [2.75, 3.05) is 6.61 Å². The number of alkyl carbamates (subject to hydrolysis) is 1. The molecule has 0 aliphatic carbocycles. The third kappa shape index (κ3) is 6.25. The largest absolute Gasteiger partial charge is 0.489 e. The Hall–Kier alpha value is -5.70. The van der Waals surface area contributed by atoms with Crippen molar-refractivity contribution in [2.24, 2.45) is 0 Å². The molecule has 0 spiro atoms. The highest BCUT2D eigenvalue weighted by Crippen LogP contribution is 2.39. The minimum Gasteiger partial charge on any atom is -0.489 e. The molecule has 0 radical (unpaired) electrons. The number of aromatic nitrogens is 2. The molecule has 3 heterocycles. The number of halogens is 1. The topological polar surface area (TPSA) is 91.8 Å². The fourth-order valence-electron chi connectivity index (χ4n) is 5.66. The minimum atomic E-state index is -0.819. The van der Waals surface area contributed by atoms with Gasteiger partial charge in [-0.05, 0) is 77.9 Å². The van der Waals surface area contributed by atoms with Crippen LogP contribution in [0.25, 0.3) is 21.7 Å². The number of hydrogen-bond donors (Lipinski definition) is 1. The van der Waals surface area contributed by atoms with Crippen molar-refractivity contribution in [3.63, 3.8) is 0 Å². The van der Waals surface area contributed by atoms with Crippen molar-refractivity contribution in [1.82, 2.24) is 15.3 Å². The second kappa shape index (κ2) is 12.7. The molecule has 1 N–H and O–H groups in total. The van der Waals surface area contributed by atoms with Gasteiger partial charge in [-0.25, -0.2) is 14.2 Å². The number of carbonyl (C=O) groups excluding carboxylic acids is 1. The Labute approximate surface area is 264 Å². The van der Waals surface area contributed by atoms with Crippen LogP contribution in [0.15, 0.2) is 116 Å². The predicted octanol–water partition coefficient (Wildman–Crippen LogP) is 7.87. The lowest BCUT2D eigenvalue weighted by atomic mass is 9.99. The number of hydrogen-bond acceptors (Lipinski definition) is 7. The van der Waals surface area contributed by atoms with Crippen molar-refractivity contribution < 1.29 is 28.1 Å². The SMILES string of the molecule is CC(NC(=O)O[C@@H]1c2cc(OCc3ccc4cc(F)ccc4n3)ccc2OC[C@@H]1Oc1cccnc1)c1cccc2ccccc12. The first-order valence-electron chi connectivity index (χ1n) is 15.0. The highest BCUT2D eigenvalue weighted by atomic mass is 19.1. The molecule has 3 atom stereocenters. The molecule has 7 rings (SSSR count). The molecule has 8 nitrogen and oxygen atoms in total. The van der Waals surface area contributed by atoms with Gasteiger partial charge in [-0.15, -0.1) is 0 Å². The number of amides is 1. The highest BCUT2D eigenvalue weighted by molar-refractivity contribution is 5.86. The fraction of sp³-hybridized carbons (Fsp3) is 0.162. The van der Waals surface area contributed by atoms with Crippen LogP contribution in [0, 0.1) is 5.82 Å². The van der Waals surface area contributed by atoms with Gasteiger partial charge in [0.15, 0.2) is 12.2 Å². The summed E-state index contributed by atoms with van der Waals surface area (Å²) in [4.78, 5) is 22.2. The van der Waals surface area contributed by atoms with Crippen LogP contribution in [0.4, 0.5) is 9.18 Å². The number of benzene rings is 4. The van der Waals surface area contributed by atoms with E-state index in [1.165, 1.54) is 12.1 Å². The quantitative estimate of drug-likeness (QED) is 0.186. The zero-order chi connectivity index (χ0) is 31.5. The van der Waals surface area contributed by atoms with Gasteiger partial charge in [-0.2, -0.15) is 0 Å². The summed E-state index contributed by atoms with van der Waals surface area (Å²) in [5, 5.41) is 5.85. The smallest absolute Gasteiger partial charge is 0.408 e. The average molecular weight is 616 g/mol. The number of nitrogens with zero attached hydrogens (tertiary/aromatic N) is 2. The third-order valence-corrected chi connectivity index (χ3v) is 7.90. The van der Waals surface area contributed by atoms with E-state index < -0.39 is 18.3 Å². The van der Waals surface area contributed by atoms with E-state index >= 15 is 0 Å². The predicted molar refractivity (Wildman–Crippen MR) is 171 cm³/mol. The Kier molecular flexibility index (Phi) is 8.03. The van der Waals surface area contributed by atoms with Crippen molar-refractivity contribution in [3.05, 3.63) is 138 Å². The van der Waals surface area contributed by atoms with E-state index in [9.17, 15) is 9.18 Å². The molecule has 9 heteroatoms. The molecule has 1 aliphatic rings. The maximum absolute atomic E-state index is 13.6. The number of rotatable bonds is 8. The van der Waals surface area contributed by atoms with Crippen LogP contribution in [0.2, 0.25) is 0 Å². The lowest BCUT2D eigenvalue weighted by Gasteiger charge is -2.33. The van der Waals surface area contributed by atoms with E-state index in [0.717, 1.165) is 16.3 Å². The van der Waals surface area contributed by atoms with Crippen molar-refractivity contribution >= 4 is 27.8 Å². The molecule has 230 valence electrons. The first-order valence-corrected chi connectivity index (χ1v) is 15.0. The highest BCUT2D eigenvalue weighted by Gasteiger charge is 2.37. The summed E-state index contributed by atoms with van der Waals surface area (Å²) < 4.78 is 38.1. The number of carbonyl (C=O) groups is 1. The van der Waals surface area contributed by atoms with E-state index in [2.05, 4.69) is 15.3 Å². The lowest BCUT2D eigenvalue weighted by Crippen LogP contribution is -2.40. The van der Waals surface area contributed by atoms with Gasteiger partial charge in [0.1, 0.15) is 36.3 Å². The summed E-state index contributed by atoms with van der Waals surface area (Å²) in [5.41, 5.74) is 2.94. The Morgan fingerprint density at radius 3 is 2.74 bits per heavy atom. The summed E-state index contributed by atoms with van der Waals surface area (Å²) in [5.74, 6) is 1.30. The van der Waals surface area contributed by atoms with Gasteiger partial charge >= 0.3 is 6.09 Å². The number of pyridine rings is 2. The Bertz CT molecular complexity index is 2020. The molecular weight excluding hydrogens is 585 g/mol. The summed E-state index contributed by atoms with van der Waals surface area (Å²) in [6.07, 6.45) is 1.18. The lowest BCUT2D eigenvalue weighted by molar-refractivity contribution is -0.0226. The van der Waals surface area contributed by atoms with E-state index in [-0.39, 0.29) is 25.1 Å². The van der Waals surface area contributed by atoms with Crippen LogP contribution in [0.1, 0.15) is 35.9 Å². The maximum Gasteiger partial charge on any atom is 0.408 e. The monoisotopic (exact) mass is 615 g/mol. The number of fused-ring (bicyclic) bond motifs is 3. The molecule has 4 aromatic carbocycles. The molecular formula is C37H30FN3O5. The van der Waals surface area contributed by atoms with Crippen LogP contribution < -0.4 is 19.5 Å². The zero-order valence-electron chi connectivity index (χ0n) is 24.9. The van der Waals surface area contributed by atoms with Crippen molar-refractivity contribution in [3.8, 4) is 17.2 Å². The Morgan fingerprint density at radius 1 is 0.957 bits per heavy atom. The standard InChI is InChI=1S/C37H30FN3O5/c1-23(30-10-4-7-24-6-2-3-9-31(24)30)40-37(42)46-36-32-19-28(43-21-27-13-11-25-18-26(38)12-15-33(25)41-27)14-16-34(32)44-22-35(36)45-29-8-5-17-39-20-29/h2-20,23,35-36H,21-22H2,1H3,(H,40,42)/t23?,35-,36+/m0/s1. The van der Waals surface area contributed by atoms with Crippen LogP contribution in [0.5, 0.6) is 17.2 Å². The summed E-state index contributed by atoms with van der Waals surface area (Å²) >= 11 is 0. The van der Waals surface area contributed by atoms with E-state index in [4.69, 9.17) is 18.9 Å². The minimum absolute atomic E-state index is 0.153. The zero-order valence-corrected chi connectivity index (χ0v) is 24.9. The molecule has 46 heavy (non-hydrogen) atoms. The fourth-order valence-corrected chi connectivity index (χ4v) is 5.66. The Morgan fingerprint density at radius 2 is 1.85 bits per heavy atom. The van der Waals surface area contributed by atoms with Crippen molar-refractivity contribution in [1.29, 1.82) is 0 Å². The average Bonchev–Trinajstić information content (AvgIpc) is 3.08. The second-order valence-corrected chi connectivity index (χ2v) is 11.0. The van der Waals surface area contributed by atoms with E-state index in [1.807, 2.05) is 55.5 Å². The molecule has 6 aromatic rings. The van der Waals surface area contributed by atoms with Crippen LogP contribution in [-0.4, -0.2) is 28.8 Å². The van der Waals surface area contributed by atoms with Crippen LogP contribution in [0.3, 0.4) is 0 Å². The molecule has 2 aromatic heterocycles. The van der Waals surface area contributed by atoms with Crippen molar-refractivity contribution in [2.45, 2.75) is 31.8 Å². The molecule has 0 bridgehead atoms. The summed E-state index contributed by atoms with van der Waals surface area (Å²) in [7, 11) is 0.